The van der Waals surface area contributed by atoms with Crippen molar-refractivity contribution in [3.8, 4) is 17.0 Å². The van der Waals surface area contributed by atoms with E-state index in [-0.39, 0.29) is 11.6 Å². The van der Waals surface area contributed by atoms with Gasteiger partial charge in [0, 0.05) is 16.5 Å². The second-order valence-corrected chi connectivity index (χ2v) is 6.96. The lowest BCUT2D eigenvalue weighted by molar-refractivity contribution is -0.274. The number of thioether (sulfide) groups is 1. The number of rotatable bonds is 8. The number of carbonyl (C=O) groups is 1. The molecule has 3 N–H and O–H groups in total. The molecule has 0 unspecified atom stereocenters. The molecular weight excluding hydrogens is 433 g/mol. The Morgan fingerprint density at radius 2 is 1.90 bits per heavy atom. The monoisotopic (exact) mass is 450 g/mol. The first-order valence-corrected chi connectivity index (χ1v) is 10.1. The van der Waals surface area contributed by atoms with Crippen molar-refractivity contribution in [1.29, 1.82) is 0 Å². The first-order chi connectivity index (χ1) is 14.7. The number of aromatic nitrogens is 2. The minimum atomic E-state index is -4.83. The number of ether oxygens (including phenoxy) is 1. The average Bonchev–Trinajstić information content (AvgIpc) is 2.71. The lowest BCUT2D eigenvalue weighted by atomic mass is 10.1. The van der Waals surface area contributed by atoms with Crippen LogP contribution in [0.4, 0.5) is 30.6 Å². The zero-order valence-electron chi connectivity index (χ0n) is 16.1. The minimum Gasteiger partial charge on any atom is -0.480 e. The van der Waals surface area contributed by atoms with Crippen molar-refractivity contribution in [3.63, 3.8) is 0 Å². The molecule has 0 aliphatic carbocycles. The molecule has 0 bridgehead atoms. The Bertz CT molecular complexity index is 1080. The van der Waals surface area contributed by atoms with Gasteiger partial charge < -0.3 is 20.5 Å². The van der Waals surface area contributed by atoms with Crippen LogP contribution in [0.1, 0.15) is 0 Å². The van der Waals surface area contributed by atoms with Crippen LogP contribution in [0.2, 0.25) is 0 Å². The Hall–Kier alpha value is -3.47. The van der Waals surface area contributed by atoms with E-state index in [1.54, 1.807) is 12.1 Å². The maximum atomic E-state index is 12.6. The molecule has 0 spiro atoms. The van der Waals surface area contributed by atoms with Crippen LogP contribution in [0.25, 0.3) is 11.3 Å². The number of alkyl halides is 3. The van der Waals surface area contributed by atoms with Crippen LogP contribution >= 0.6 is 11.8 Å². The smallest absolute Gasteiger partial charge is 0.480 e. The predicted octanol–water partition coefficient (Wildman–Crippen LogP) is 5.00. The lowest BCUT2D eigenvalue weighted by Crippen LogP contribution is -2.17. The zero-order valence-corrected chi connectivity index (χ0v) is 16.9. The Labute approximate surface area is 179 Å². The Morgan fingerprint density at radius 1 is 1.13 bits per heavy atom. The number of carboxylic acid groups (broad SMARTS) is 1. The molecule has 1 aromatic heterocycles. The number of hydrogen-bond donors (Lipinski definition) is 3. The molecule has 162 valence electrons. The summed E-state index contributed by atoms with van der Waals surface area (Å²) in [5.41, 5.74) is 1.38. The number of nitrogens with one attached hydrogen (secondary N) is 2. The molecule has 0 atom stereocenters. The van der Waals surface area contributed by atoms with E-state index in [1.807, 2.05) is 30.5 Å². The van der Waals surface area contributed by atoms with Gasteiger partial charge in [-0.25, -0.2) is 4.98 Å². The van der Waals surface area contributed by atoms with Crippen molar-refractivity contribution in [3.05, 3.63) is 54.6 Å². The number of benzene rings is 2. The molecule has 0 radical (unpaired) electrons. The summed E-state index contributed by atoms with van der Waals surface area (Å²) in [6.45, 7) is -0.429. The van der Waals surface area contributed by atoms with E-state index >= 15 is 0 Å². The fourth-order valence-corrected chi connectivity index (χ4v) is 3.18. The topological polar surface area (TPSA) is 96.4 Å². The van der Waals surface area contributed by atoms with E-state index in [9.17, 15) is 18.0 Å². The number of hydrogen-bond acceptors (Lipinski definition) is 7. The third kappa shape index (κ3) is 6.51. The summed E-state index contributed by atoms with van der Waals surface area (Å²) >= 11 is 1.52. The van der Waals surface area contributed by atoms with Crippen LogP contribution in [0, 0.1) is 0 Å². The number of para-hydroxylation sites is 1. The highest BCUT2D eigenvalue weighted by Gasteiger charge is 2.31. The van der Waals surface area contributed by atoms with E-state index < -0.39 is 24.6 Å². The third-order valence-corrected chi connectivity index (χ3v) is 4.65. The zero-order chi connectivity index (χ0) is 22.4. The van der Waals surface area contributed by atoms with Crippen molar-refractivity contribution in [2.45, 2.75) is 11.3 Å². The quantitative estimate of drug-likeness (QED) is 0.413. The minimum absolute atomic E-state index is 0.00572. The number of halogens is 3. The first kappa shape index (κ1) is 22.2. The molecule has 0 aliphatic rings. The van der Waals surface area contributed by atoms with E-state index in [2.05, 4.69) is 25.3 Å². The fraction of sp³-hybridized carbons (Fsp3) is 0.150. The molecule has 2 aromatic carbocycles. The number of aliphatic carboxylic acids is 1. The van der Waals surface area contributed by atoms with Crippen LogP contribution in [0.5, 0.6) is 5.75 Å². The van der Waals surface area contributed by atoms with E-state index in [0.29, 0.717) is 11.4 Å². The molecule has 3 rings (SSSR count). The van der Waals surface area contributed by atoms with E-state index in [1.165, 1.54) is 30.0 Å². The highest BCUT2D eigenvalue weighted by atomic mass is 32.2. The van der Waals surface area contributed by atoms with Crippen LogP contribution in [-0.2, 0) is 4.79 Å². The predicted molar refractivity (Wildman–Crippen MR) is 112 cm³/mol. The van der Waals surface area contributed by atoms with Gasteiger partial charge in [-0.2, -0.15) is 4.98 Å². The number of anilines is 3. The van der Waals surface area contributed by atoms with Gasteiger partial charge in [-0.15, -0.1) is 24.9 Å². The molecule has 0 amide bonds. The molecule has 0 saturated heterocycles. The van der Waals surface area contributed by atoms with Crippen LogP contribution in [0.15, 0.2) is 59.5 Å². The molecule has 0 fully saturated rings. The van der Waals surface area contributed by atoms with Crippen molar-refractivity contribution in [2.24, 2.45) is 0 Å². The normalized spacial score (nSPS) is 11.1. The molecule has 0 saturated carbocycles. The van der Waals surface area contributed by atoms with Gasteiger partial charge in [-0.3, -0.25) is 4.79 Å². The molecule has 0 aliphatic heterocycles. The van der Waals surface area contributed by atoms with Crippen molar-refractivity contribution < 1.29 is 27.8 Å². The Kier molecular flexibility index (Phi) is 6.85. The van der Waals surface area contributed by atoms with Gasteiger partial charge in [0.15, 0.2) is 0 Å². The first-order valence-electron chi connectivity index (χ1n) is 8.84. The number of nitrogens with zero attached hydrogens (tertiary/aromatic N) is 2. The Balaban J connectivity index is 1.99. The molecule has 31 heavy (non-hydrogen) atoms. The highest BCUT2D eigenvalue weighted by molar-refractivity contribution is 7.98. The van der Waals surface area contributed by atoms with Gasteiger partial charge >= 0.3 is 12.3 Å². The molecule has 1 heterocycles. The van der Waals surface area contributed by atoms with Gasteiger partial charge in [0.25, 0.3) is 0 Å². The number of carboxylic acids is 1. The second kappa shape index (κ2) is 9.56. The van der Waals surface area contributed by atoms with Gasteiger partial charge in [-0.05, 0) is 30.5 Å². The van der Waals surface area contributed by atoms with Gasteiger partial charge in [-0.1, -0.05) is 24.3 Å². The summed E-state index contributed by atoms with van der Waals surface area (Å²) in [6, 6.07) is 14.4. The van der Waals surface area contributed by atoms with Crippen LogP contribution in [0.3, 0.4) is 0 Å². The maximum Gasteiger partial charge on any atom is 0.573 e. The largest absolute Gasteiger partial charge is 0.573 e. The van der Waals surface area contributed by atoms with Gasteiger partial charge in [0.2, 0.25) is 5.95 Å². The second-order valence-electron chi connectivity index (χ2n) is 6.11. The molecular formula is C20H17F3N4O3S. The van der Waals surface area contributed by atoms with Crippen LogP contribution < -0.4 is 15.4 Å². The van der Waals surface area contributed by atoms with E-state index in [0.717, 1.165) is 10.6 Å². The van der Waals surface area contributed by atoms with Gasteiger partial charge in [0.05, 0.1) is 11.4 Å². The third-order valence-electron chi connectivity index (χ3n) is 3.86. The molecule has 11 heteroatoms. The van der Waals surface area contributed by atoms with Crippen LogP contribution in [-0.4, -0.2) is 40.2 Å². The van der Waals surface area contributed by atoms with Crippen molar-refractivity contribution >= 4 is 35.2 Å². The summed E-state index contributed by atoms with van der Waals surface area (Å²) < 4.78 is 41.7. The summed E-state index contributed by atoms with van der Waals surface area (Å²) in [5.74, 6) is -1.17. The fourth-order valence-electron chi connectivity index (χ4n) is 2.63. The summed E-state index contributed by atoms with van der Waals surface area (Å²) in [6.07, 6.45) is -2.91. The maximum absolute atomic E-state index is 12.6. The SMILES string of the molecule is CSc1ccccc1Nc1cc(-c2cccc(OC(F)(F)F)c2)nc(NCC(=O)O)n1. The highest BCUT2D eigenvalue weighted by Crippen LogP contribution is 2.31. The van der Waals surface area contributed by atoms with Gasteiger partial charge in [0.1, 0.15) is 18.1 Å². The van der Waals surface area contributed by atoms with E-state index in [4.69, 9.17) is 5.11 Å². The van der Waals surface area contributed by atoms with Crippen molar-refractivity contribution in [2.75, 3.05) is 23.4 Å². The van der Waals surface area contributed by atoms with Crippen molar-refractivity contribution in [1.82, 2.24) is 9.97 Å². The summed E-state index contributed by atoms with van der Waals surface area (Å²) in [5, 5.41) is 14.6. The molecule has 7 nitrogen and oxygen atoms in total. The summed E-state index contributed by atoms with van der Waals surface area (Å²) in [7, 11) is 0. The molecule has 3 aromatic rings. The Morgan fingerprint density at radius 3 is 2.61 bits per heavy atom. The average molecular weight is 450 g/mol. The lowest BCUT2D eigenvalue weighted by Gasteiger charge is -2.14. The standard InChI is InChI=1S/C20H17F3N4O3S/c1-31-16-8-3-2-7-14(16)25-17-10-15(26-19(27-17)24-11-18(28)29)12-5-4-6-13(9-12)30-20(21,22)23/h2-10H,11H2,1H3,(H,28,29)(H2,24,25,26,27). The summed E-state index contributed by atoms with van der Waals surface area (Å²) in [4.78, 5) is 20.3.